The molecule has 1 aliphatic heterocycles. The zero-order valence-corrected chi connectivity index (χ0v) is 9.70. The van der Waals surface area contributed by atoms with Gasteiger partial charge in [0.25, 0.3) is 0 Å². The van der Waals surface area contributed by atoms with Crippen LogP contribution in [0.15, 0.2) is 18.3 Å². The van der Waals surface area contributed by atoms with E-state index in [1.807, 2.05) is 0 Å². The molecule has 0 radical (unpaired) electrons. The highest BCUT2D eigenvalue weighted by atomic mass is 15.3. The van der Waals surface area contributed by atoms with Crippen molar-refractivity contribution in [1.82, 2.24) is 19.9 Å². The molecule has 4 heteroatoms. The van der Waals surface area contributed by atoms with Gasteiger partial charge in [-0.3, -0.25) is 4.40 Å². The Morgan fingerprint density at radius 1 is 1.44 bits per heavy atom. The molecule has 1 saturated heterocycles. The highest BCUT2D eigenvalue weighted by Crippen LogP contribution is 2.28. The summed E-state index contributed by atoms with van der Waals surface area (Å²) >= 11 is 0. The molecule has 0 saturated carbocycles. The van der Waals surface area contributed by atoms with Crippen molar-refractivity contribution < 1.29 is 0 Å². The smallest absolute Gasteiger partial charge is 0.161 e. The van der Waals surface area contributed by atoms with Crippen LogP contribution in [0, 0.1) is 6.92 Å². The minimum Gasteiger partial charge on any atom is -0.316 e. The number of aromatic nitrogens is 3. The number of hydrogen-bond donors (Lipinski definition) is 1. The molecule has 1 aliphatic rings. The van der Waals surface area contributed by atoms with Gasteiger partial charge in [0.2, 0.25) is 0 Å². The Bertz CT molecular complexity index is 523. The van der Waals surface area contributed by atoms with Gasteiger partial charge in [-0.2, -0.15) is 0 Å². The van der Waals surface area contributed by atoms with Crippen molar-refractivity contribution in [3.63, 3.8) is 0 Å². The topological polar surface area (TPSA) is 42.2 Å². The Hall–Kier alpha value is -1.42. The lowest BCUT2D eigenvalue weighted by Crippen LogP contribution is -2.27. The van der Waals surface area contributed by atoms with Gasteiger partial charge in [0.05, 0.1) is 0 Å². The Balaban J connectivity index is 2.17. The summed E-state index contributed by atoms with van der Waals surface area (Å²) in [7, 11) is 0. The first-order chi connectivity index (χ1) is 7.69. The lowest BCUT2D eigenvalue weighted by molar-refractivity contribution is 0.484. The van der Waals surface area contributed by atoms with Gasteiger partial charge in [0.1, 0.15) is 5.82 Å². The standard InChI is InChI=1S/C12H16N4/c1-9-3-6-16-10(7-9)14-15-11(16)12(2)4-5-13-8-12/h3,6-7,13H,4-5,8H2,1-2H3. The van der Waals surface area contributed by atoms with Crippen LogP contribution in [-0.4, -0.2) is 27.7 Å². The summed E-state index contributed by atoms with van der Waals surface area (Å²) in [6.07, 6.45) is 3.20. The molecule has 2 aromatic rings. The van der Waals surface area contributed by atoms with E-state index < -0.39 is 0 Å². The summed E-state index contributed by atoms with van der Waals surface area (Å²) in [5.74, 6) is 1.08. The largest absolute Gasteiger partial charge is 0.316 e. The molecule has 1 unspecified atom stereocenters. The number of hydrogen-bond acceptors (Lipinski definition) is 3. The van der Waals surface area contributed by atoms with Crippen LogP contribution in [-0.2, 0) is 5.41 Å². The lowest BCUT2D eigenvalue weighted by atomic mass is 9.89. The second-order valence-corrected chi connectivity index (χ2v) is 4.94. The van der Waals surface area contributed by atoms with Crippen molar-refractivity contribution in [3.8, 4) is 0 Å². The fraction of sp³-hybridized carbons (Fsp3) is 0.500. The van der Waals surface area contributed by atoms with E-state index >= 15 is 0 Å². The molecule has 3 rings (SSSR count). The van der Waals surface area contributed by atoms with Crippen LogP contribution in [0.5, 0.6) is 0 Å². The molecule has 0 amide bonds. The highest BCUT2D eigenvalue weighted by molar-refractivity contribution is 5.42. The van der Waals surface area contributed by atoms with Gasteiger partial charge in [0.15, 0.2) is 5.65 Å². The van der Waals surface area contributed by atoms with E-state index in [-0.39, 0.29) is 5.41 Å². The molecule has 1 fully saturated rings. The van der Waals surface area contributed by atoms with Gasteiger partial charge in [-0.1, -0.05) is 6.92 Å². The summed E-state index contributed by atoms with van der Waals surface area (Å²) < 4.78 is 2.11. The number of nitrogens with zero attached hydrogens (tertiary/aromatic N) is 3. The first kappa shape index (κ1) is 9.78. The van der Waals surface area contributed by atoms with Gasteiger partial charge in [-0.15, -0.1) is 10.2 Å². The van der Waals surface area contributed by atoms with Crippen molar-refractivity contribution in [3.05, 3.63) is 29.7 Å². The molecule has 0 bridgehead atoms. The SMILES string of the molecule is Cc1ccn2c(C3(C)CCNC3)nnc2c1. The first-order valence-electron chi connectivity index (χ1n) is 5.72. The summed E-state index contributed by atoms with van der Waals surface area (Å²) in [5.41, 5.74) is 2.29. The normalized spacial score (nSPS) is 25.4. The summed E-state index contributed by atoms with van der Waals surface area (Å²) in [6, 6.07) is 4.17. The molecule has 0 spiro atoms. The number of pyridine rings is 1. The van der Waals surface area contributed by atoms with E-state index in [2.05, 4.69) is 52.1 Å². The number of aryl methyl sites for hydroxylation is 1. The van der Waals surface area contributed by atoms with Crippen LogP contribution < -0.4 is 5.32 Å². The molecule has 3 heterocycles. The molecule has 16 heavy (non-hydrogen) atoms. The number of nitrogens with one attached hydrogen (secondary N) is 1. The fourth-order valence-corrected chi connectivity index (χ4v) is 2.41. The monoisotopic (exact) mass is 216 g/mol. The van der Waals surface area contributed by atoms with Crippen molar-refractivity contribution in [2.24, 2.45) is 0 Å². The van der Waals surface area contributed by atoms with E-state index in [1.54, 1.807) is 0 Å². The Morgan fingerprint density at radius 2 is 2.31 bits per heavy atom. The van der Waals surface area contributed by atoms with E-state index in [0.717, 1.165) is 31.0 Å². The van der Waals surface area contributed by atoms with Gasteiger partial charge < -0.3 is 5.32 Å². The van der Waals surface area contributed by atoms with Crippen LogP contribution in [0.2, 0.25) is 0 Å². The number of fused-ring (bicyclic) bond motifs is 1. The van der Waals surface area contributed by atoms with E-state index in [1.165, 1.54) is 5.56 Å². The van der Waals surface area contributed by atoms with E-state index in [4.69, 9.17) is 0 Å². The van der Waals surface area contributed by atoms with Crippen LogP contribution >= 0.6 is 0 Å². The molecule has 0 aromatic carbocycles. The molecule has 2 aromatic heterocycles. The average Bonchev–Trinajstić information content (AvgIpc) is 2.84. The van der Waals surface area contributed by atoms with Gasteiger partial charge >= 0.3 is 0 Å². The fourth-order valence-electron chi connectivity index (χ4n) is 2.41. The summed E-state index contributed by atoms with van der Waals surface area (Å²) in [4.78, 5) is 0. The van der Waals surface area contributed by atoms with E-state index in [9.17, 15) is 0 Å². The van der Waals surface area contributed by atoms with Crippen LogP contribution in [0.4, 0.5) is 0 Å². The van der Waals surface area contributed by atoms with Gasteiger partial charge in [-0.25, -0.2) is 0 Å². The highest BCUT2D eigenvalue weighted by Gasteiger charge is 2.34. The van der Waals surface area contributed by atoms with Crippen LogP contribution in [0.25, 0.3) is 5.65 Å². The molecule has 4 nitrogen and oxygen atoms in total. The zero-order chi connectivity index (χ0) is 11.2. The van der Waals surface area contributed by atoms with E-state index in [0.29, 0.717) is 0 Å². The molecule has 1 atom stereocenters. The maximum atomic E-state index is 4.36. The third-order valence-corrected chi connectivity index (χ3v) is 3.47. The average molecular weight is 216 g/mol. The Morgan fingerprint density at radius 3 is 3.06 bits per heavy atom. The zero-order valence-electron chi connectivity index (χ0n) is 9.70. The molecule has 1 N–H and O–H groups in total. The summed E-state index contributed by atoms with van der Waals surface area (Å²) in [6.45, 7) is 6.38. The minimum absolute atomic E-state index is 0.120. The van der Waals surface area contributed by atoms with Crippen LogP contribution in [0.1, 0.15) is 24.7 Å². The van der Waals surface area contributed by atoms with Crippen molar-refractivity contribution >= 4 is 5.65 Å². The second kappa shape index (κ2) is 3.28. The molecule has 0 aliphatic carbocycles. The third-order valence-electron chi connectivity index (χ3n) is 3.47. The maximum Gasteiger partial charge on any atom is 0.161 e. The predicted octanol–water partition coefficient (Wildman–Crippen LogP) is 1.29. The lowest BCUT2D eigenvalue weighted by Gasteiger charge is -2.20. The van der Waals surface area contributed by atoms with Gasteiger partial charge in [0, 0.05) is 18.2 Å². The van der Waals surface area contributed by atoms with Gasteiger partial charge in [-0.05, 0) is 37.6 Å². The Kier molecular flexibility index (Phi) is 2.01. The molecular weight excluding hydrogens is 200 g/mol. The quantitative estimate of drug-likeness (QED) is 0.781. The maximum absolute atomic E-state index is 4.36. The summed E-state index contributed by atoms with van der Waals surface area (Å²) in [5, 5.41) is 12.0. The number of rotatable bonds is 1. The molecular formula is C12H16N4. The van der Waals surface area contributed by atoms with Crippen molar-refractivity contribution in [1.29, 1.82) is 0 Å². The first-order valence-corrected chi connectivity index (χ1v) is 5.72. The second-order valence-electron chi connectivity index (χ2n) is 4.94. The third kappa shape index (κ3) is 1.33. The van der Waals surface area contributed by atoms with Crippen molar-refractivity contribution in [2.45, 2.75) is 25.7 Å². The minimum atomic E-state index is 0.120. The van der Waals surface area contributed by atoms with Crippen molar-refractivity contribution in [2.75, 3.05) is 13.1 Å². The molecule has 84 valence electrons. The van der Waals surface area contributed by atoms with Crippen LogP contribution in [0.3, 0.4) is 0 Å². The Labute approximate surface area is 94.7 Å². The predicted molar refractivity (Wildman–Crippen MR) is 62.6 cm³/mol.